The summed E-state index contributed by atoms with van der Waals surface area (Å²) in [5, 5.41) is 0. The summed E-state index contributed by atoms with van der Waals surface area (Å²) < 4.78 is 45.6. The summed E-state index contributed by atoms with van der Waals surface area (Å²) in [6, 6.07) is 4.13. The molecule has 0 N–H and O–H groups in total. The Bertz CT molecular complexity index is 411. The molecule has 0 aliphatic carbocycles. The number of alkyl halides is 3. The highest BCUT2D eigenvalue weighted by atomic mass is 19.4. The minimum absolute atomic E-state index is 0.222. The fourth-order valence-electron chi connectivity index (χ4n) is 1.60. The lowest BCUT2D eigenvalue weighted by Crippen LogP contribution is -2.20. The van der Waals surface area contributed by atoms with Crippen molar-refractivity contribution in [1.29, 1.82) is 0 Å². The van der Waals surface area contributed by atoms with Gasteiger partial charge in [-0.3, -0.25) is 0 Å². The maximum absolute atomic E-state index is 12.2. The molecule has 5 heteroatoms. The van der Waals surface area contributed by atoms with E-state index in [2.05, 4.69) is 4.74 Å². The first-order valence-electron chi connectivity index (χ1n) is 5.64. The highest BCUT2D eigenvalue weighted by molar-refractivity contribution is 5.44. The molecule has 1 aromatic rings. The van der Waals surface area contributed by atoms with Gasteiger partial charge in [0.25, 0.3) is 0 Å². The van der Waals surface area contributed by atoms with Gasteiger partial charge in [0.15, 0.2) is 0 Å². The number of benzene rings is 1. The molecule has 18 heavy (non-hydrogen) atoms. The predicted octanol–water partition coefficient (Wildman–Crippen LogP) is 4.28. The van der Waals surface area contributed by atoms with Gasteiger partial charge in [-0.2, -0.15) is 0 Å². The quantitative estimate of drug-likeness (QED) is 0.806. The van der Waals surface area contributed by atoms with Crippen LogP contribution in [0.25, 0.3) is 0 Å². The molecule has 2 nitrogen and oxygen atoms in total. The molecule has 0 bridgehead atoms. The third-order valence-corrected chi connectivity index (χ3v) is 3.02. The van der Waals surface area contributed by atoms with Crippen LogP contribution in [0.3, 0.4) is 0 Å². The second kappa shape index (κ2) is 5.08. The number of halogens is 3. The van der Waals surface area contributed by atoms with Crippen molar-refractivity contribution >= 4 is 0 Å². The minimum atomic E-state index is -4.68. The Hall–Kier alpha value is -1.39. The zero-order valence-corrected chi connectivity index (χ0v) is 10.9. The fraction of sp³-hybridized carbons (Fsp3) is 0.538. The average Bonchev–Trinajstić information content (AvgIpc) is 2.27. The monoisotopic (exact) mass is 262 g/mol. The lowest BCUT2D eigenvalue weighted by Gasteiger charge is -2.26. The van der Waals surface area contributed by atoms with Gasteiger partial charge in [0.2, 0.25) is 0 Å². The molecule has 0 radical (unpaired) electrons. The van der Waals surface area contributed by atoms with E-state index in [-0.39, 0.29) is 11.2 Å². The highest BCUT2D eigenvalue weighted by Gasteiger charge is 2.32. The molecule has 0 unspecified atom stereocenters. The van der Waals surface area contributed by atoms with E-state index in [1.54, 1.807) is 0 Å². The van der Waals surface area contributed by atoms with Crippen molar-refractivity contribution in [3.05, 3.63) is 23.8 Å². The Labute approximate surface area is 105 Å². The van der Waals surface area contributed by atoms with Crippen LogP contribution in [0.5, 0.6) is 11.5 Å². The first kappa shape index (κ1) is 14.7. The summed E-state index contributed by atoms with van der Waals surface area (Å²) in [4.78, 5) is 0. The van der Waals surface area contributed by atoms with E-state index < -0.39 is 6.36 Å². The average molecular weight is 262 g/mol. The van der Waals surface area contributed by atoms with Crippen LogP contribution in [-0.4, -0.2) is 13.5 Å². The van der Waals surface area contributed by atoms with E-state index in [0.29, 0.717) is 11.3 Å². The fourth-order valence-corrected chi connectivity index (χ4v) is 1.60. The zero-order valence-electron chi connectivity index (χ0n) is 10.9. The van der Waals surface area contributed by atoms with Crippen LogP contribution < -0.4 is 9.47 Å². The molecule has 0 saturated heterocycles. The van der Waals surface area contributed by atoms with E-state index >= 15 is 0 Å². The molecule has 0 fully saturated rings. The van der Waals surface area contributed by atoms with Crippen LogP contribution >= 0.6 is 0 Å². The van der Waals surface area contributed by atoms with Gasteiger partial charge < -0.3 is 9.47 Å². The first-order chi connectivity index (χ1) is 8.19. The van der Waals surface area contributed by atoms with Gasteiger partial charge in [-0.25, -0.2) is 0 Å². The van der Waals surface area contributed by atoms with Crippen molar-refractivity contribution in [2.24, 2.45) is 0 Å². The molecule has 0 heterocycles. The van der Waals surface area contributed by atoms with E-state index in [1.165, 1.54) is 25.3 Å². The Morgan fingerprint density at radius 3 is 2.22 bits per heavy atom. The normalized spacial score (nSPS) is 12.4. The first-order valence-corrected chi connectivity index (χ1v) is 5.64. The molecule has 1 rings (SSSR count). The Morgan fingerprint density at radius 1 is 1.17 bits per heavy atom. The second-order valence-corrected chi connectivity index (χ2v) is 4.65. The summed E-state index contributed by atoms with van der Waals surface area (Å²) in [5.74, 6) is 0.344. The number of hydrogen-bond acceptors (Lipinski definition) is 2. The number of ether oxygens (including phenoxy) is 2. The molecule has 102 valence electrons. The Balaban J connectivity index is 3.18. The summed E-state index contributed by atoms with van der Waals surface area (Å²) in [6.07, 6.45) is -3.90. The third kappa shape index (κ3) is 3.55. The van der Waals surface area contributed by atoms with Gasteiger partial charge >= 0.3 is 6.36 Å². The van der Waals surface area contributed by atoms with Gasteiger partial charge in [-0.15, -0.1) is 13.2 Å². The number of rotatable bonds is 4. The number of methoxy groups -OCH3 is 1. The van der Waals surface area contributed by atoms with Crippen LogP contribution in [0.2, 0.25) is 0 Å². The topological polar surface area (TPSA) is 18.5 Å². The molecule has 0 amide bonds. The second-order valence-electron chi connectivity index (χ2n) is 4.65. The van der Waals surface area contributed by atoms with Gasteiger partial charge in [-0.1, -0.05) is 20.8 Å². The lowest BCUT2D eigenvalue weighted by molar-refractivity contribution is -0.274. The Kier molecular flexibility index (Phi) is 4.14. The summed E-state index contributed by atoms with van der Waals surface area (Å²) in [7, 11) is 1.49. The van der Waals surface area contributed by atoms with Crippen molar-refractivity contribution in [3.63, 3.8) is 0 Å². The van der Waals surface area contributed by atoms with E-state index in [1.807, 2.05) is 20.8 Å². The van der Waals surface area contributed by atoms with Gasteiger partial charge in [0.1, 0.15) is 11.5 Å². The van der Waals surface area contributed by atoms with Gasteiger partial charge in [0, 0.05) is 5.56 Å². The molecular formula is C13H17F3O2. The standard InChI is InChI=1S/C13H17F3O2/c1-5-12(2,3)10-8-9(18-13(14,15)16)6-7-11(10)17-4/h6-8H,5H2,1-4H3. The molecule has 0 aromatic heterocycles. The van der Waals surface area contributed by atoms with Crippen LogP contribution in [0.1, 0.15) is 32.8 Å². The largest absolute Gasteiger partial charge is 0.573 e. The third-order valence-electron chi connectivity index (χ3n) is 3.02. The maximum atomic E-state index is 12.2. The van der Waals surface area contributed by atoms with Crippen molar-refractivity contribution < 1.29 is 22.6 Å². The van der Waals surface area contributed by atoms with Crippen molar-refractivity contribution in [2.75, 3.05) is 7.11 Å². The SMILES string of the molecule is CCC(C)(C)c1cc(OC(F)(F)F)ccc1OC. The smallest absolute Gasteiger partial charge is 0.496 e. The van der Waals surface area contributed by atoms with Crippen LogP contribution in [0, 0.1) is 0 Å². The predicted molar refractivity (Wildman–Crippen MR) is 63.0 cm³/mol. The van der Waals surface area contributed by atoms with Crippen molar-refractivity contribution in [3.8, 4) is 11.5 Å². The van der Waals surface area contributed by atoms with Crippen LogP contribution in [0.4, 0.5) is 13.2 Å². The van der Waals surface area contributed by atoms with E-state index in [4.69, 9.17) is 4.74 Å². The molecule has 1 aromatic carbocycles. The van der Waals surface area contributed by atoms with Gasteiger partial charge in [-0.05, 0) is 30.0 Å². The Morgan fingerprint density at radius 2 is 1.78 bits per heavy atom. The highest BCUT2D eigenvalue weighted by Crippen LogP contribution is 2.37. The van der Waals surface area contributed by atoms with E-state index in [9.17, 15) is 13.2 Å². The van der Waals surface area contributed by atoms with Crippen LogP contribution in [-0.2, 0) is 5.41 Å². The molecule has 0 saturated carbocycles. The maximum Gasteiger partial charge on any atom is 0.573 e. The molecule has 0 aliphatic rings. The number of hydrogen-bond donors (Lipinski definition) is 0. The van der Waals surface area contributed by atoms with Crippen LogP contribution in [0.15, 0.2) is 18.2 Å². The molecule has 0 atom stereocenters. The van der Waals surface area contributed by atoms with Gasteiger partial charge in [0.05, 0.1) is 7.11 Å². The molecule has 0 spiro atoms. The lowest BCUT2D eigenvalue weighted by atomic mass is 9.81. The van der Waals surface area contributed by atoms with Crippen molar-refractivity contribution in [1.82, 2.24) is 0 Å². The van der Waals surface area contributed by atoms with E-state index in [0.717, 1.165) is 6.42 Å². The molecule has 0 aliphatic heterocycles. The molecular weight excluding hydrogens is 245 g/mol. The minimum Gasteiger partial charge on any atom is -0.496 e. The summed E-state index contributed by atoms with van der Waals surface area (Å²) >= 11 is 0. The van der Waals surface area contributed by atoms with Crippen molar-refractivity contribution in [2.45, 2.75) is 39.0 Å². The summed E-state index contributed by atoms with van der Waals surface area (Å²) in [5.41, 5.74) is 0.422. The zero-order chi connectivity index (χ0) is 14.0. The summed E-state index contributed by atoms with van der Waals surface area (Å²) in [6.45, 7) is 5.86.